The second-order valence-corrected chi connectivity index (χ2v) is 4.94. The molecule has 1 aliphatic rings. The van der Waals surface area contributed by atoms with Crippen LogP contribution in [0.1, 0.15) is 25.5 Å². The lowest BCUT2D eigenvalue weighted by Gasteiger charge is -2.40. The van der Waals surface area contributed by atoms with Crippen LogP contribution in [0.15, 0.2) is 41.6 Å². The molecule has 21 heavy (non-hydrogen) atoms. The fraction of sp³-hybridized carbons (Fsp3) is 0.375. The number of rotatable bonds is 3. The number of methoxy groups -OCH3 is 1. The minimum Gasteiger partial charge on any atom is -0.466 e. The Bertz CT molecular complexity index is 580. The molecule has 1 atom stereocenters. The van der Waals surface area contributed by atoms with Gasteiger partial charge in [0, 0.05) is 19.3 Å². The van der Waals surface area contributed by atoms with Gasteiger partial charge in [-0.1, -0.05) is 30.3 Å². The summed E-state index contributed by atoms with van der Waals surface area (Å²) in [7, 11) is 3.06. The predicted octanol–water partition coefficient (Wildman–Crippen LogP) is 2.56. The first-order chi connectivity index (χ1) is 10.0. The van der Waals surface area contributed by atoms with Crippen molar-refractivity contribution >= 4 is 12.0 Å². The van der Waals surface area contributed by atoms with Gasteiger partial charge in [0.25, 0.3) is 0 Å². The number of allylic oxidation sites excluding steroid dienone is 1. The number of nitrogens with zero attached hydrogens (tertiary/aromatic N) is 2. The Balaban J connectivity index is 2.62. The second kappa shape index (κ2) is 5.99. The maximum atomic E-state index is 12.5. The van der Waals surface area contributed by atoms with E-state index in [1.165, 1.54) is 7.11 Å². The molecule has 5 heteroatoms. The van der Waals surface area contributed by atoms with Crippen LogP contribution in [0.3, 0.4) is 0 Å². The third-order valence-corrected chi connectivity index (χ3v) is 3.82. The van der Waals surface area contributed by atoms with E-state index in [2.05, 4.69) is 0 Å². The third-order valence-electron chi connectivity index (χ3n) is 3.82. The number of benzene rings is 1. The van der Waals surface area contributed by atoms with Gasteiger partial charge in [0.2, 0.25) is 0 Å². The molecule has 1 aromatic rings. The number of hydrogen-bond acceptors (Lipinski definition) is 3. The molecule has 0 fully saturated rings. The molecule has 0 aromatic heterocycles. The van der Waals surface area contributed by atoms with E-state index in [1.54, 1.807) is 23.8 Å². The summed E-state index contributed by atoms with van der Waals surface area (Å²) in [6.45, 7) is 4.18. The van der Waals surface area contributed by atoms with Crippen molar-refractivity contribution in [3.63, 3.8) is 0 Å². The van der Waals surface area contributed by atoms with Gasteiger partial charge < -0.3 is 9.64 Å². The van der Waals surface area contributed by atoms with Gasteiger partial charge in [0.1, 0.15) is 0 Å². The molecule has 0 saturated heterocycles. The molecule has 0 saturated carbocycles. The molecule has 2 rings (SSSR count). The van der Waals surface area contributed by atoms with E-state index in [1.807, 2.05) is 37.3 Å². The van der Waals surface area contributed by atoms with Crippen LogP contribution in [0.25, 0.3) is 0 Å². The van der Waals surface area contributed by atoms with Crippen LogP contribution in [-0.4, -0.2) is 42.5 Å². The number of hydrogen-bond donors (Lipinski definition) is 0. The topological polar surface area (TPSA) is 49.9 Å². The average molecular weight is 288 g/mol. The quantitative estimate of drug-likeness (QED) is 0.803. The van der Waals surface area contributed by atoms with E-state index in [9.17, 15) is 9.59 Å². The average Bonchev–Trinajstić information content (AvgIpc) is 2.51. The van der Waals surface area contributed by atoms with Crippen LogP contribution < -0.4 is 0 Å². The fourth-order valence-corrected chi connectivity index (χ4v) is 2.75. The first-order valence-electron chi connectivity index (χ1n) is 6.91. The van der Waals surface area contributed by atoms with Gasteiger partial charge in [-0.25, -0.2) is 9.59 Å². The van der Waals surface area contributed by atoms with Crippen LogP contribution in [-0.2, 0) is 9.53 Å². The number of carbonyl (C=O) groups is 2. The van der Waals surface area contributed by atoms with E-state index in [-0.39, 0.29) is 6.03 Å². The van der Waals surface area contributed by atoms with Crippen LogP contribution >= 0.6 is 0 Å². The van der Waals surface area contributed by atoms with Crippen molar-refractivity contribution in [3.05, 3.63) is 47.2 Å². The normalized spacial score (nSPS) is 19.0. The van der Waals surface area contributed by atoms with Gasteiger partial charge in [-0.2, -0.15) is 0 Å². The van der Waals surface area contributed by atoms with Crippen LogP contribution in [0.5, 0.6) is 0 Å². The van der Waals surface area contributed by atoms with Gasteiger partial charge in [0.05, 0.1) is 18.7 Å². The second-order valence-electron chi connectivity index (χ2n) is 4.94. The molecule has 0 N–H and O–H groups in total. The Kier molecular flexibility index (Phi) is 4.31. The standard InChI is InChI=1S/C16H20N2O3/c1-5-18-11(2)13(15(19)21-4)14(17(3)16(18)20)12-9-7-6-8-10-12/h6-10,14H,5H2,1-4H3/t14-/m0/s1. The van der Waals surface area contributed by atoms with Crippen LogP contribution in [0.4, 0.5) is 4.79 Å². The zero-order chi connectivity index (χ0) is 15.6. The monoisotopic (exact) mass is 288 g/mol. The van der Waals surface area contributed by atoms with Crippen molar-refractivity contribution in [2.45, 2.75) is 19.9 Å². The lowest BCUT2D eigenvalue weighted by Crippen LogP contribution is -2.48. The molecule has 1 aliphatic heterocycles. The summed E-state index contributed by atoms with van der Waals surface area (Å²) < 4.78 is 4.93. The molecule has 1 heterocycles. The summed E-state index contributed by atoms with van der Waals surface area (Å²) in [6, 6.07) is 8.97. The zero-order valence-electron chi connectivity index (χ0n) is 12.8. The van der Waals surface area contributed by atoms with Crippen molar-refractivity contribution in [1.82, 2.24) is 9.80 Å². The SMILES string of the molecule is CCN1C(=O)N(C)[C@@H](c2ccccc2)C(C(=O)OC)=C1C. The molecule has 0 unspecified atom stereocenters. The maximum absolute atomic E-state index is 12.5. The highest BCUT2D eigenvalue weighted by molar-refractivity contribution is 5.94. The van der Waals surface area contributed by atoms with Crippen LogP contribution in [0, 0.1) is 0 Å². The zero-order valence-corrected chi connectivity index (χ0v) is 12.8. The van der Waals surface area contributed by atoms with E-state index in [0.717, 1.165) is 5.56 Å². The van der Waals surface area contributed by atoms with Crippen molar-refractivity contribution < 1.29 is 14.3 Å². The van der Waals surface area contributed by atoms with Crippen molar-refractivity contribution in [2.24, 2.45) is 0 Å². The summed E-state index contributed by atoms with van der Waals surface area (Å²) in [6.07, 6.45) is 0. The first kappa shape index (κ1) is 15.1. The fourth-order valence-electron chi connectivity index (χ4n) is 2.75. The third kappa shape index (κ3) is 2.51. The summed E-state index contributed by atoms with van der Waals surface area (Å²) in [5.74, 6) is -0.404. The Morgan fingerprint density at radius 2 is 1.90 bits per heavy atom. The van der Waals surface area contributed by atoms with E-state index >= 15 is 0 Å². The molecule has 1 aromatic carbocycles. The van der Waals surface area contributed by atoms with Gasteiger partial charge in [-0.05, 0) is 19.4 Å². The molecular weight excluding hydrogens is 268 g/mol. The molecular formula is C16H20N2O3. The van der Waals surface area contributed by atoms with Gasteiger partial charge >= 0.3 is 12.0 Å². The Morgan fingerprint density at radius 3 is 2.43 bits per heavy atom. The first-order valence-corrected chi connectivity index (χ1v) is 6.91. The predicted molar refractivity (Wildman–Crippen MR) is 79.4 cm³/mol. The number of carbonyl (C=O) groups excluding carboxylic acids is 2. The van der Waals surface area contributed by atoms with E-state index in [0.29, 0.717) is 17.8 Å². The molecule has 0 spiro atoms. The maximum Gasteiger partial charge on any atom is 0.337 e. The Labute approximate surface area is 124 Å². The lowest BCUT2D eigenvalue weighted by atomic mass is 9.93. The van der Waals surface area contributed by atoms with Gasteiger partial charge in [-0.15, -0.1) is 0 Å². The Hall–Kier alpha value is -2.30. The Morgan fingerprint density at radius 1 is 1.29 bits per heavy atom. The number of urea groups is 1. The van der Waals surface area contributed by atoms with E-state index < -0.39 is 12.0 Å². The van der Waals surface area contributed by atoms with Crippen molar-refractivity contribution in [1.29, 1.82) is 0 Å². The number of likely N-dealkylation sites (N-methyl/N-ethyl adjacent to an activating group) is 1. The minimum atomic E-state index is -0.422. The summed E-state index contributed by atoms with van der Waals surface area (Å²) in [5, 5.41) is 0. The summed E-state index contributed by atoms with van der Waals surface area (Å²) >= 11 is 0. The molecule has 0 radical (unpaired) electrons. The molecule has 5 nitrogen and oxygen atoms in total. The van der Waals surface area contributed by atoms with Crippen molar-refractivity contribution in [3.8, 4) is 0 Å². The highest BCUT2D eigenvalue weighted by atomic mass is 16.5. The van der Waals surface area contributed by atoms with Gasteiger partial charge in [0.15, 0.2) is 0 Å². The summed E-state index contributed by atoms with van der Waals surface area (Å²) in [4.78, 5) is 27.9. The minimum absolute atomic E-state index is 0.114. The van der Waals surface area contributed by atoms with Crippen molar-refractivity contribution in [2.75, 3.05) is 20.7 Å². The number of esters is 1. The molecule has 0 bridgehead atoms. The highest BCUT2D eigenvalue weighted by Gasteiger charge is 2.39. The largest absolute Gasteiger partial charge is 0.466 e. The van der Waals surface area contributed by atoms with Crippen LogP contribution in [0.2, 0.25) is 0 Å². The lowest BCUT2D eigenvalue weighted by molar-refractivity contribution is -0.137. The summed E-state index contributed by atoms with van der Waals surface area (Å²) in [5.41, 5.74) is 2.05. The number of amides is 2. The molecule has 2 amide bonds. The smallest absolute Gasteiger partial charge is 0.337 e. The van der Waals surface area contributed by atoms with Gasteiger partial charge in [-0.3, -0.25) is 4.90 Å². The number of ether oxygens (including phenoxy) is 1. The van der Waals surface area contributed by atoms with E-state index in [4.69, 9.17) is 4.74 Å². The molecule has 0 aliphatic carbocycles. The molecule has 112 valence electrons. The highest BCUT2D eigenvalue weighted by Crippen LogP contribution is 2.36.